The first-order chi connectivity index (χ1) is 8.74. The number of alkyl halides is 6. The van der Waals surface area contributed by atoms with Gasteiger partial charge in [0.2, 0.25) is 0 Å². The molecule has 0 aliphatic heterocycles. The Morgan fingerprint density at radius 1 is 1.32 bits per heavy atom. The highest BCUT2D eigenvalue weighted by Crippen LogP contribution is 2.31. The van der Waals surface area contributed by atoms with E-state index in [1.165, 1.54) is 0 Å². The number of ketones is 1. The first-order valence-corrected chi connectivity index (χ1v) is 5.55. The summed E-state index contributed by atoms with van der Waals surface area (Å²) in [5.74, 6) is -1.75. The van der Waals surface area contributed by atoms with Crippen LogP contribution in [0.5, 0.6) is 5.75 Å². The van der Waals surface area contributed by atoms with E-state index >= 15 is 0 Å². The van der Waals surface area contributed by atoms with Crippen LogP contribution in [0.4, 0.5) is 22.0 Å². The van der Waals surface area contributed by atoms with Crippen LogP contribution in [-0.2, 0) is 0 Å². The van der Waals surface area contributed by atoms with Crippen LogP contribution in [0.1, 0.15) is 28.8 Å². The zero-order valence-electron chi connectivity index (χ0n) is 9.31. The summed E-state index contributed by atoms with van der Waals surface area (Å²) < 4.78 is 64.9. The van der Waals surface area contributed by atoms with Crippen molar-refractivity contribution in [3.63, 3.8) is 0 Å². The molecule has 19 heavy (non-hydrogen) atoms. The minimum atomic E-state index is -5.07. The molecule has 1 aromatic carbocycles. The molecule has 0 aliphatic rings. The molecule has 0 saturated carbocycles. The minimum Gasteiger partial charge on any atom is -0.405 e. The number of benzene rings is 1. The minimum absolute atomic E-state index is 0.0963. The van der Waals surface area contributed by atoms with Gasteiger partial charge in [0.1, 0.15) is 5.75 Å². The van der Waals surface area contributed by atoms with Gasteiger partial charge in [-0.2, -0.15) is 0 Å². The van der Waals surface area contributed by atoms with E-state index in [2.05, 4.69) is 4.74 Å². The van der Waals surface area contributed by atoms with Crippen LogP contribution in [0.2, 0.25) is 0 Å². The van der Waals surface area contributed by atoms with E-state index in [0.29, 0.717) is 6.07 Å². The highest BCUT2D eigenvalue weighted by atomic mass is 35.5. The molecular weight excluding hydrogens is 295 g/mol. The average Bonchev–Trinajstić information content (AvgIpc) is 2.26. The predicted octanol–water partition coefficient (Wildman–Crippen LogP) is 4.33. The highest BCUT2D eigenvalue weighted by Gasteiger charge is 2.33. The zero-order chi connectivity index (χ0) is 14.6. The fraction of sp³-hybridized carbons (Fsp3) is 0.364. The summed E-state index contributed by atoms with van der Waals surface area (Å²) in [6, 6.07) is 2.24. The fourth-order valence-corrected chi connectivity index (χ4v) is 1.51. The van der Waals surface area contributed by atoms with Gasteiger partial charge in [0.25, 0.3) is 6.43 Å². The Kier molecular flexibility index (Phi) is 5.11. The molecule has 8 heteroatoms. The summed E-state index contributed by atoms with van der Waals surface area (Å²) >= 11 is 5.31. The van der Waals surface area contributed by atoms with Gasteiger partial charge in [-0.05, 0) is 12.1 Å². The Hall–Kier alpha value is -1.37. The van der Waals surface area contributed by atoms with Crippen molar-refractivity contribution in [2.45, 2.75) is 19.2 Å². The van der Waals surface area contributed by atoms with Gasteiger partial charge in [0, 0.05) is 17.9 Å². The lowest BCUT2D eigenvalue weighted by molar-refractivity contribution is -0.274. The number of hydrogen-bond donors (Lipinski definition) is 0. The standard InChI is InChI=1S/C11H8ClF5O2/c12-4-3-8(18)7-2-1-6(10(13)14)5-9(7)19-11(15,16)17/h1-2,5,10H,3-4H2. The Balaban J connectivity index is 3.18. The molecule has 0 atom stereocenters. The first kappa shape index (κ1) is 15.7. The summed E-state index contributed by atoms with van der Waals surface area (Å²) in [6.45, 7) is 0. The number of hydrogen-bond acceptors (Lipinski definition) is 2. The molecule has 2 nitrogen and oxygen atoms in total. The van der Waals surface area contributed by atoms with E-state index in [0.717, 1.165) is 12.1 Å². The van der Waals surface area contributed by atoms with Crippen molar-refractivity contribution in [1.82, 2.24) is 0 Å². The molecule has 1 aromatic rings. The molecule has 0 aliphatic carbocycles. The topological polar surface area (TPSA) is 26.3 Å². The van der Waals surface area contributed by atoms with E-state index in [-0.39, 0.29) is 12.3 Å². The normalized spacial score (nSPS) is 11.7. The van der Waals surface area contributed by atoms with Crippen LogP contribution in [0, 0.1) is 0 Å². The predicted molar refractivity (Wildman–Crippen MR) is 57.7 cm³/mol. The van der Waals surface area contributed by atoms with E-state index < -0.39 is 35.4 Å². The maximum Gasteiger partial charge on any atom is 0.573 e. The quantitative estimate of drug-likeness (QED) is 0.459. The van der Waals surface area contributed by atoms with Crippen molar-refractivity contribution in [3.05, 3.63) is 29.3 Å². The van der Waals surface area contributed by atoms with Gasteiger partial charge >= 0.3 is 6.36 Å². The lowest BCUT2D eigenvalue weighted by Gasteiger charge is -2.13. The molecular formula is C11H8ClF5O2. The summed E-state index contributed by atoms with van der Waals surface area (Å²) in [6.07, 6.45) is -8.26. The van der Waals surface area contributed by atoms with Crippen LogP contribution < -0.4 is 4.74 Å². The van der Waals surface area contributed by atoms with Crippen molar-refractivity contribution in [3.8, 4) is 5.75 Å². The van der Waals surface area contributed by atoms with E-state index in [1.807, 2.05) is 0 Å². The smallest absolute Gasteiger partial charge is 0.405 e. The molecule has 0 heterocycles. The second-order valence-corrected chi connectivity index (χ2v) is 3.84. The van der Waals surface area contributed by atoms with Crippen LogP contribution in [0.25, 0.3) is 0 Å². The highest BCUT2D eigenvalue weighted by molar-refractivity contribution is 6.19. The van der Waals surface area contributed by atoms with Gasteiger partial charge in [0.05, 0.1) is 5.56 Å². The molecule has 0 radical (unpaired) electrons. The zero-order valence-corrected chi connectivity index (χ0v) is 10.1. The Morgan fingerprint density at radius 2 is 1.95 bits per heavy atom. The number of halogens is 6. The summed E-state index contributed by atoms with van der Waals surface area (Å²) in [5.41, 5.74) is -1.09. The van der Waals surface area contributed by atoms with Crippen LogP contribution in [0.15, 0.2) is 18.2 Å². The lowest BCUT2D eigenvalue weighted by Crippen LogP contribution is -2.19. The number of carbonyl (C=O) groups is 1. The van der Waals surface area contributed by atoms with Gasteiger partial charge in [-0.15, -0.1) is 24.8 Å². The average molecular weight is 303 g/mol. The van der Waals surface area contributed by atoms with E-state index in [1.54, 1.807) is 0 Å². The molecule has 0 saturated heterocycles. The summed E-state index contributed by atoms with van der Waals surface area (Å²) in [5, 5.41) is 0. The van der Waals surface area contributed by atoms with Gasteiger partial charge in [-0.1, -0.05) is 6.07 Å². The number of carbonyl (C=O) groups excluding carboxylic acids is 1. The number of Topliss-reactive ketones (excluding diaryl/α,β-unsaturated/α-hetero) is 1. The lowest BCUT2D eigenvalue weighted by atomic mass is 10.1. The molecule has 1 rings (SSSR count). The molecule has 106 valence electrons. The second-order valence-electron chi connectivity index (χ2n) is 3.47. The van der Waals surface area contributed by atoms with Crippen molar-refractivity contribution in [2.75, 3.05) is 5.88 Å². The van der Waals surface area contributed by atoms with Crippen LogP contribution in [0.3, 0.4) is 0 Å². The SMILES string of the molecule is O=C(CCCl)c1ccc(C(F)F)cc1OC(F)(F)F. The fourth-order valence-electron chi connectivity index (χ4n) is 1.33. The third-order valence-corrected chi connectivity index (χ3v) is 2.29. The van der Waals surface area contributed by atoms with Crippen molar-refractivity contribution < 1.29 is 31.5 Å². The van der Waals surface area contributed by atoms with Gasteiger partial charge in [0.15, 0.2) is 5.78 Å². The molecule has 0 aromatic heterocycles. The third kappa shape index (κ3) is 4.66. The van der Waals surface area contributed by atoms with Gasteiger partial charge < -0.3 is 4.74 Å². The molecule has 0 amide bonds. The summed E-state index contributed by atoms with van der Waals surface area (Å²) in [7, 11) is 0. The molecule has 0 bridgehead atoms. The number of rotatable bonds is 5. The Labute approximate surface area is 110 Å². The Morgan fingerprint density at radius 3 is 2.42 bits per heavy atom. The van der Waals surface area contributed by atoms with Crippen molar-refractivity contribution in [2.24, 2.45) is 0 Å². The maximum atomic E-state index is 12.4. The third-order valence-electron chi connectivity index (χ3n) is 2.11. The van der Waals surface area contributed by atoms with Gasteiger partial charge in [-0.3, -0.25) is 4.79 Å². The monoisotopic (exact) mass is 302 g/mol. The maximum absolute atomic E-state index is 12.4. The van der Waals surface area contributed by atoms with E-state index in [9.17, 15) is 26.7 Å². The van der Waals surface area contributed by atoms with Crippen molar-refractivity contribution >= 4 is 17.4 Å². The first-order valence-electron chi connectivity index (χ1n) is 5.01. The number of ether oxygens (including phenoxy) is 1. The molecule has 0 N–H and O–H groups in total. The largest absolute Gasteiger partial charge is 0.573 e. The van der Waals surface area contributed by atoms with Crippen LogP contribution in [-0.4, -0.2) is 18.0 Å². The van der Waals surface area contributed by atoms with Gasteiger partial charge in [-0.25, -0.2) is 8.78 Å². The van der Waals surface area contributed by atoms with Crippen molar-refractivity contribution in [1.29, 1.82) is 0 Å². The molecule has 0 fully saturated rings. The Bertz CT molecular complexity index is 459. The molecule has 0 unspecified atom stereocenters. The molecule has 0 spiro atoms. The second kappa shape index (κ2) is 6.18. The van der Waals surface area contributed by atoms with Crippen LogP contribution >= 0.6 is 11.6 Å². The summed E-state index contributed by atoms with van der Waals surface area (Å²) in [4.78, 5) is 11.5. The van der Waals surface area contributed by atoms with E-state index in [4.69, 9.17) is 11.6 Å².